The molecule has 2 aromatic rings. The van der Waals surface area contributed by atoms with Gasteiger partial charge in [-0.3, -0.25) is 4.79 Å². The van der Waals surface area contributed by atoms with Crippen LogP contribution in [0.5, 0.6) is 0 Å². The largest absolute Gasteiger partial charge is 0.417 e. The molecule has 10 heteroatoms. The highest BCUT2D eigenvalue weighted by molar-refractivity contribution is 7.17. The number of amides is 1. The van der Waals surface area contributed by atoms with Crippen molar-refractivity contribution >= 4 is 33.3 Å². The molecule has 1 saturated heterocycles. The molecule has 1 fully saturated rings. The third-order valence-corrected chi connectivity index (χ3v) is 5.12. The molecule has 3 rings (SSSR count). The van der Waals surface area contributed by atoms with Gasteiger partial charge >= 0.3 is 6.18 Å². The quantitative estimate of drug-likeness (QED) is 0.790. The number of aliphatic hydroxyl groups excluding tert-OH is 1. The van der Waals surface area contributed by atoms with E-state index in [9.17, 15) is 27.5 Å². The van der Waals surface area contributed by atoms with Crippen molar-refractivity contribution in [2.45, 2.75) is 24.9 Å². The molecule has 2 aromatic heterocycles. The summed E-state index contributed by atoms with van der Waals surface area (Å²) < 4.78 is 53.9. The molecule has 1 aliphatic rings. The van der Waals surface area contributed by atoms with Crippen LogP contribution in [0.1, 0.15) is 22.3 Å². The summed E-state index contributed by atoms with van der Waals surface area (Å²) in [6.45, 7) is -0.0761. The van der Waals surface area contributed by atoms with Crippen LogP contribution in [0.2, 0.25) is 0 Å². The van der Waals surface area contributed by atoms with Crippen LogP contribution in [0.15, 0.2) is 11.4 Å². The molecular formula is C15H15F4N3O2S. The Labute approximate surface area is 144 Å². The zero-order valence-corrected chi connectivity index (χ0v) is 13.9. The standard InChI is InChI=1S/C15H15F4N3O2S/c1-20-14(24)7-6-25-13-8(15(17,18)19)4-11(21-12(7)13)22-3-2-10(23)9(16)5-22/h4,6,9-10,23H,2-3,5H2,1H3,(H,20,24)/t9-,10-/m0/s1. The number of aliphatic hydroxyl groups is 1. The number of anilines is 1. The number of nitrogens with zero attached hydrogens (tertiary/aromatic N) is 2. The zero-order chi connectivity index (χ0) is 18.4. The molecule has 1 aliphatic heterocycles. The lowest BCUT2D eigenvalue weighted by molar-refractivity contribution is -0.136. The van der Waals surface area contributed by atoms with Crippen LogP contribution in [0.25, 0.3) is 10.2 Å². The van der Waals surface area contributed by atoms with E-state index in [0.29, 0.717) is 0 Å². The zero-order valence-electron chi connectivity index (χ0n) is 13.1. The van der Waals surface area contributed by atoms with Crippen LogP contribution in [-0.2, 0) is 6.18 Å². The van der Waals surface area contributed by atoms with Crippen molar-refractivity contribution in [1.82, 2.24) is 10.3 Å². The number of piperidine rings is 1. The van der Waals surface area contributed by atoms with Gasteiger partial charge in [0.1, 0.15) is 12.0 Å². The molecule has 136 valence electrons. The van der Waals surface area contributed by atoms with Crippen molar-refractivity contribution in [3.8, 4) is 0 Å². The summed E-state index contributed by atoms with van der Waals surface area (Å²) in [5.74, 6) is -0.598. The third kappa shape index (κ3) is 3.28. The Morgan fingerprint density at radius 3 is 2.80 bits per heavy atom. The van der Waals surface area contributed by atoms with Crippen molar-refractivity contribution in [2.24, 2.45) is 0 Å². The molecule has 1 amide bonds. The van der Waals surface area contributed by atoms with Crippen LogP contribution in [0.3, 0.4) is 0 Å². The fraction of sp³-hybridized carbons (Fsp3) is 0.467. The van der Waals surface area contributed by atoms with E-state index in [0.717, 1.165) is 17.4 Å². The third-order valence-electron chi connectivity index (χ3n) is 4.12. The SMILES string of the molecule is CNC(=O)c1csc2c(C(F)(F)F)cc(N3CC[C@H](O)[C@@H](F)C3)nc12. The summed E-state index contributed by atoms with van der Waals surface area (Å²) in [6, 6.07) is 0.872. The van der Waals surface area contributed by atoms with E-state index >= 15 is 0 Å². The Bertz CT molecular complexity index is 808. The fourth-order valence-corrected chi connectivity index (χ4v) is 3.79. The van der Waals surface area contributed by atoms with Gasteiger partial charge in [-0.1, -0.05) is 0 Å². The van der Waals surface area contributed by atoms with Crippen LogP contribution < -0.4 is 10.2 Å². The lowest BCUT2D eigenvalue weighted by Gasteiger charge is -2.33. The van der Waals surface area contributed by atoms with Gasteiger partial charge in [-0.05, 0) is 12.5 Å². The topological polar surface area (TPSA) is 65.5 Å². The number of aromatic nitrogens is 1. The number of halogens is 4. The molecule has 0 spiro atoms. The molecule has 0 radical (unpaired) electrons. The Morgan fingerprint density at radius 1 is 1.48 bits per heavy atom. The maximum absolute atomic E-state index is 13.8. The number of hydrogen-bond acceptors (Lipinski definition) is 5. The molecule has 0 bridgehead atoms. The van der Waals surface area contributed by atoms with E-state index < -0.39 is 29.9 Å². The number of pyridine rings is 1. The van der Waals surface area contributed by atoms with E-state index in [-0.39, 0.29) is 41.1 Å². The summed E-state index contributed by atoms with van der Waals surface area (Å²) in [4.78, 5) is 17.4. The molecular weight excluding hydrogens is 362 g/mol. The molecule has 0 saturated carbocycles. The van der Waals surface area contributed by atoms with Gasteiger partial charge in [-0.15, -0.1) is 11.3 Å². The summed E-state index contributed by atoms with van der Waals surface area (Å²) >= 11 is 0.792. The van der Waals surface area contributed by atoms with Gasteiger partial charge in [0.15, 0.2) is 0 Å². The average Bonchev–Trinajstić information content (AvgIpc) is 2.98. The molecule has 2 N–H and O–H groups in total. The summed E-state index contributed by atoms with van der Waals surface area (Å²) in [5.41, 5.74) is -0.923. The predicted octanol–water partition coefficient (Wildman–Crippen LogP) is 2.58. The predicted molar refractivity (Wildman–Crippen MR) is 85.7 cm³/mol. The van der Waals surface area contributed by atoms with Crippen molar-refractivity contribution in [3.63, 3.8) is 0 Å². The average molecular weight is 377 g/mol. The van der Waals surface area contributed by atoms with Gasteiger partial charge in [-0.2, -0.15) is 13.2 Å². The second-order valence-corrected chi connectivity index (χ2v) is 6.63. The number of hydrogen-bond donors (Lipinski definition) is 2. The molecule has 3 heterocycles. The Hall–Kier alpha value is -1.94. The highest BCUT2D eigenvalue weighted by Crippen LogP contribution is 2.40. The lowest BCUT2D eigenvalue weighted by Crippen LogP contribution is -2.45. The number of carbonyl (C=O) groups excluding carboxylic acids is 1. The first kappa shape index (κ1) is 17.9. The van der Waals surface area contributed by atoms with E-state index in [2.05, 4.69) is 10.3 Å². The monoisotopic (exact) mass is 377 g/mol. The van der Waals surface area contributed by atoms with Crippen LogP contribution in [-0.4, -0.2) is 48.4 Å². The van der Waals surface area contributed by atoms with Crippen molar-refractivity contribution < 1.29 is 27.5 Å². The number of carbonyl (C=O) groups is 1. The van der Waals surface area contributed by atoms with E-state index in [4.69, 9.17) is 0 Å². The highest BCUT2D eigenvalue weighted by Gasteiger charge is 2.36. The van der Waals surface area contributed by atoms with Crippen molar-refractivity contribution in [1.29, 1.82) is 0 Å². The number of fused-ring (bicyclic) bond motifs is 1. The fourth-order valence-electron chi connectivity index (χ4n) is 2.76. The van der Waals surface area contributed by atoms with Crippen molar-refractivity contribution in [2.75, 3.05) is 25.0 Å². The van der Waals surface area contributed by atoms with Gasteiger partial charge in [0.2, 0.25) is 0 Å². The number of alkyl halides is 4. The number of rotatable bonds is 2. The number of thiophene rings is 1. The molecule has 0 aromatic carbocycles. The molecule has 5 nitrogen and oxygen atoms in total. The van der Waals surface area contributed by atoms with Gasteiger partial charge < -0.3 is 15.3 Å². The first-order valence-corrected chi connectivity index (χ1v) is 8.39. The Balaban J connectivity index is 2.14. The van der Waals surface area contributed by atoms with Gasteiger partial charge in [0, 0.05) is 19.0 Å². The lowest BCUT2D eigenvalue weighted by atomic mass is 10.1. The van der Waals surface area contributed by atoms with Gasteiger partial charge in [0.25, 0.3) is 5.91 Å². The minimum Gasteiger partial charge on any atom is -0.390 e. The minimum absolute atomic E-state index is 0.0451. The number of nitrogens with one attached hydrogen (secondary N) is 1. The second kappa shape index (κ2) is 6.41. The maximum Gasteiger partial charge on any atom is 0.417 e. The second-order valence-electron chi connectivity index (χ2n) is 5.75. The first-order valence-electron chi connectivity index (χ1n) is 7.51. The maximum atomic E-state index is 13.8. The molecule has 2 atom stereocenters. The van der Waals surface area contributed by atoms with Crippen LogP contribution in [0, 0.1) is 0 Å². The Morgan fingerprint density at radius 2 is 2.20 bits per heavy atom. The van der Waals surface area contributed by atoms with Gasteiger partial charge in [0.05, 0.1) is 34.0 Å². The summed E-state index contributed by atoms with van der Waals surface area (Å²) in [6.07, 6.45) is -7.24. The van der Waals surface area contributed by atoms with E-state index in [1.54, 1.807) is 0 Å². The molecule has 25 heavy (non-hydrogen) atoms. The van der Waals surface area contributed by atoms with Crippen LogP contribution in [0.4, 0.5) is 23.4 Å². The minimum atomic E-state index is -4.63. The summed E-state index contributed by atoms with van der Waals surface area (Å²) in [7, 11) is 1.38. The normalized spacial score (nSPS) is 21.6. The Kier molecular flexibility index (Phi) is 4.58. The first-order chi connectivity index (χ1) is 11.7. The summed E-state index contributed by atoms with van der Waals surface area (Å²) in [5, 5.41) is 13.2. The molecule has 0 unspecified atom stereocenters. The van der Waals surface area contributed by atoms with Crippen molar-refractivity contribution in [3.05, 3.63) is 22.6 Å². The van der Waals surface area contributed by atoms with E-state index in [1.807, 2.05) is 0 Å². The van der Waals surface area contributed by atoms with Gasteiger partial charge in [-0.25, -0.2) is 9.37 Å². The smallest absolute Gasteiger partial charge is 0.390 e. The molecule has 0 aliphatic carbocycles. The van der Waals surface area contributed by atoms with E-state index in [1.165, 1.54) is 17.3 Å². The highest BCUT2D eigenvalue weighted by atomic mass is 32.1. The van der Waals surface area contributed by atoms with Crippen LogP contribution >= 0.6 is 11.3 Å².